The largest absolute Gasteiger partial charge is 0.493 e. The first kappa shape index (κ1) is 29.3. The summed E-state index contributed by atoms with van der Waals surface area (Å²) >= 11 is 0. The third kappa shape index (κ3) is 7.51. The molecular formula is C27H41NO8. The number of carbonyl (C=O) groups is 3. The van der Waals surface area contributed by atoms with Crippen LogP contribution in [0.5, 0.6) is 11.5 Å². The average molecular weight is 508 g/mol. The van der Waals surface area contributed by atoms with Crippen molar-refractivity contribution in [2.24, 2.45) is 11.3 Å². The number of hydrogen-bond donors (Lipinski definition) is 0. The molecule has 0 aromatic heterocycles. The highest BCUT2D eigenvalue weighted by Gasteiger charge is 2.50. The summed E-state index contributed by atoms with van der Waals surface area (Å²) in [5.74, 6) is -0.144. The monoisotopic (exact) mass is 507 g/mol. The number of ether oxygens (including phenoxy) is 5. The molecule has 36 heavy (non-hydrogen) atoms. The van der Waals surface area contributed by atoms with Crippen LogP contribution in [0.3, 0.4) is 0 Å². The zero-order chi connectivity index (χ0) is 26.9. The Morgan fingerprint density at radius 2 is 1.47 bits per heavy atom. The number of amides is 1. The van der Waals surface area contributed by atoms with Gasteiger partial charge in [0.05, 0.1) is 27.4 Å². The summed E-state index contributed by atoms with van der Waals surface area (Å²) in [6, 6.07) is 5.31. The molecule has 0 aliphatic carbocycles. The molecule has 0 unspecified atom stereocenters. The summed E-state index contributed by atoms with van der Waals surface area (Å²) in [6.45, 7) is 10.2. The van der Waals surface area contributed by atoms with E-state index in [-0.39, 0.29) is 38.1 Å². The zero-order valence-corrected chi connectivity index (χ0v) is 22.7. The summed E-state index contributed by atoms with van der Waals surface area (Å²) < 4.78 is 27.1. The van der Waals surface area contributed by atoms with Crippen LogP contribution in [0.15, 0.2) is 18.2 Å². The van der Waals surface area contributed by atoms with Crippen molar-refractivity contribution in [1.29, 1.82) is 0 Å². The lowest BCUT2D eigenvalue weighted by Crippen LogP contribution is -2.47. The quantitative estimate of drug-likeness (QED) is 0.261. The van der Waals surface area contributed by atoms with Gasteiger partial charge in [-0.25, -0.2) is 4.79 Å². The minimum absolute atomic E-state index is 0.0117. The van der Waals surface area contributed by atoms with Crippen molar-refractivity contribution in [3.05, 3.63) is 23.8 Å². The first-order valence-electron chi connectivity index (χ1n) is 12.5. The highest BCUT2D eigenvalue weighted by Crippen LogP contribution is 2.39. The van der Waals surface area contributed by atoms with Crippen molar-refractivity contribution < 1.29 is 38.1 Å². The van der Waals surface area contributed by atoms with Crippen LogP contribution in [0.4, 0.5) is 4.79 Å². The molecule has 0 saturated carbocycles. The smallest absolute Gasteiger partial charge is 0.410 e. The molecule has 1 saturated heterocycles. The van der Waals surface area contributed by atoms with Crippen molar-refractivity contribution >= 4 is 18.0 Å². The van der Waals surface area contributed by atoms with Crippen LogP contribution in [-0.2, 0) is 30.2 Å². The molecule has 9 heteroatoms. The third-order valence-corrected chi connectivity index (χ3v) is 6.19. The highest BCUT2D eigenvalue weighted by atomic mass is 16.6. The lowest BCUT2D eigenvalue weighted by Gasteiger charge is -2.37. The maximum Gasteiger partial charge on any atom is 0.410 e. The molecule has 2 rings (SSSR count). The Morgan fingerprint density at radius 3 is 1.94 bits per heavy atom. The number of benzene rings is 1. The second-order valence-corrected chi connectivity index (χ2v) is 10.0. The van der Waals surface area contributed by atoms with Gasteiger partial charge in [-0.2, -0.15) is 0 Å². The van der Waals surface area contributed by atoms with Crippen LogP contribution in [0, 0.1) is 11.3 Å². The summed E-state index contributed by atoms with van der Waals surface area (Å²) in [4.78, 5) is 41.0. The van der Waals surface area contributed by atoms with E-state index in [1.54, 1.807) is 44.1 Å². The first-order valence-corrected chi connectivity index (χ1v) is 12.5. The fourth-order valence-electron chi connectivity index (χ4n) is 4.48. The summed E-state index contributed by atoms with van der Waals surface area (Å²) in [6.07, 6.45) is 1.25. The fraction of sp³-hybridized carbons (Fsp3) is 0.667. The molecule has 9 nitrogen and oxygen atoms in total. The Kier molecular flexibility index (Phi) is 10.4. The van der Waals surface area contributed by atoms with E-state index < -0.39 is 23.0 Å². The average Bonchev–Trinajstić information content (AvgIpc) is 2.83. The third-order valence-electron chi connectivity index (χ3n) is 6.19. The summed E-state index contributed by atoms with van der Waals surface area (Å²) in [7, 11) is 3.08. The van der Waals surface area contributed by atoms with Gasteiger partial charge in [0, 0.05) is 13.1 Å². The number of rotatable bonds is 10. The lowest BCUT2D eigenvalue weighted by atomic mass is 9.72. The summed E-state index contributed by atoms with van der Waals surface area (Å²) in [5.41, 5.74) is -1.37. The van der Waals surface area contributed by atoms with Crippen LogP contribution in [-0.4, -0.2) is 69.1 Å². The SMILES string of the molecule is CCOC(=O)C(Cc1ccc(OC)c(OC)c1)(CC1CCN(C(=O)OC(C)(C)C)CC1)C(=O)OCC. The first-order chi connectivity index (χ1) is 17.0. The van der Waals surface area contributed by atoms with E-state index in [1.807, 2.05) is 20.8 Å². The number of hydrogen-bond acceptors (Lipinski definition) is 8. The van der Waals surface area contributed by atoms with Gasteiger partial charge in [-0.05, 0) is 83.9 Å². The van der Waals surface area contributed by atoms with Crippen molar-refractivity contribution in [3.8, 4) is 11.5 Å². The van der Waals surface area contributed by atoms with Crippen molar-refractivity contribution in [2.45, 2.75) is 65.9 Å². The predicted molar refractivity (Wildman–Crippen MR) is 134 cm³/mol. The molecule has 0 radical (unpaired) electrons. The molecule has 0 N–H and O–H groups in total. The van der Waals surface area contributed by atoms with E-state index in [0.29, 0.717) is 37.4 Å². The van der Waals surface area contributed by atoms with E-state index in [2.05, 4.69) is 0 Å². The van der Waals surface area contributed by atoms with Crippen LogP contribution in [0.25, 0.3) is 0 Å². The summed E-state index contributed by atoms with van der Waals surface area (Å²) in [5, 5.41) is 0. The second kappa shape index (κ2) is 12.8. The molecule has 1 aromatic rings. The Morgan fingerprint density at radius 1 is 0.917 bits per heavy atom. The minimum Gasteiger partial charge on any atom is -0.493 e. The Balaban J connectivity index is 2.33. The zero-order valence-electron chi connectivity index (χ0n) is 22.7. The van der Waals surface area contributed by atoms with Gasteiger partial charge in [0.15, 0.2) is 16.9 Å². The molecule has 0 spiro atoms. The number of methoxy groups -OCH3 is 2. The van der Waals surface area contributed by atoms with Crippen LogP contribution in [0.2, 0.25) is 0 Å². The van der Waals surface area contributed by atoms with E-state index in [4.69, 9.17) is 23.7 Å². The Labute approximate surface area is 214 Å². The molecule has 1 aliphatic rings. The van der Waals surface area contributed by atoms with E-state index in [9.17, 15) is 14.4 Å². The van der Waals surface area contributed by atoms with Gasteiger partial charge in [-0.15, -0.1) is 0 Å². The normalized spacial score (nSPS) is 14.7. The highest BCUT2D eigenvalue weighted by molar-refractivity contribution is 6.00. The number of likely N-dealkylation sites (tertiary alicyclic amines) is 1. The van der Waals surface area contributed by atoms with Gasteiger partial charge < -0.3 is 28.6 Å². The van der Waals surface area contributed by atoms with Crippen LogP contribution >= 0.6 is 0 Å². The van der Waals surface area contributed by atoms with E-state index in [0.717, 1.165) is 5.56 Å². The minimum atomic E-state index is -1.52. The van der Waals surface area contributed by atoms with Gasteiger partial charge in [0.1, 0.15) is 5.60 Å². The molecule has 1 amide bonds. The molecule has 0 bridgehead atoms. The maximum atomic E-state index is 13.4. The number of piperidine rings is 1. The van der Waals surface area contributed by atoms with Gasteiger partial charge >= 0.3 is 18.0 Å². The molecular weight excluding hydrogens is 466 g/mol. The molecule has 202 valence electrons. The number of nitrogens with zero attached hydrogens (tertiary/aromatic N) is 1. The fourth-order valence-corrected chi connectivity index (χ4v) is 4.48. The van der Waals surface area contributed by atoms with Crippen molar-refractivity contribution in [3.63, 3.8) is 0 Å². The van der Waals surface area contributed by atoms with Gasteiger partial charge in [0.2, 0.25) is 0 Å². The van der Waals surface area contributed by atoms with Gasteiger partial charge in [-0.3, -0.25) is 9.59 Å². The second-order valence-electron chi connectivity index (χ2n) is 10.0. The standard InChI is InChI=1S/C27H41NO8/c1-8-34-23(29)27(24(30)35-9-2,18-20-10-11-21(32-6)22(16-20)33-7)17-19-12-14-28(15-13-19)25(31)36-26(3,4)5/h10-11,16,19H,8-9,12-15,17-18H2,1-7H3. The van der Waals surface area contributed by atoms with Crippen molar-refractivity contribution in [1.82, 2.24) is 4.90 Å². The van der Waals surface area contributed by atoms with Gasteiger partial charge in [0.25, 0.3) is 0 Å². The molecule has 1 aliphatic heterocycles. The van der Waals surface area contributed by atoms with Crippen molar-refractivity contribution in [2.75, 3.05) is 40.5 Å². The van der Waals surface area contributed by atoms with E-state index in [1.165, 1.54) is 7.11 Å². The molecule has 0 atom stereocenters. The van der Waals surface area contributed by atoms with Crippen LogP contribution in [0.1, 0.15) is 59.4 Å². The number of carbonyl (C=O) groups excluding carboxylic acids is 3. The Hall–Kier alpha value is -2.97. The van der Waals surface area contributed by atoms with Gasteiger partial charge in [-0.1, -0.05) is 6.07 Å². The lowest BCUT2D eigenvalue weighted by molar-refractivity contribution is -0.174. The number of esters is 2. The molecule has 1 aromatic carbocycles. The van der Waals surface area contributed by atoms with E-state index >= 15 is 0 Å². The predicted octanol–water partition coefficient (Wildman–Crippen LogP) is 4.40. The maximum absolute atomic E-state index is 13.4. The molecule has 1 fully saturated rings. The topological polar surface area (TPSA) is 101 Å². The van der Waals surface area contributed by atoms with Crippen LogP contribution < -0.4 is 9.47 Å². The molecule has 1 heterocycles. The Bertz CT molecular complexity index is 882.